The standard InChI is InChI=1S/C26H32F2N6O7/c1-25(2,3)40-20(35)10-15(30-24(38)41-26(4,5)6)13-34-32-21(31-33-34)17-8-7-16(11-18(17)27)39-22-19(28)9-14(12-29-22)23(36)37/h7-9,11-12,15,20,35H,10,13H2,1-6H3,(H,30,38)(H,36,37)/t15-,20-/m0/s1. The van der Waals surface area contributed by atoms with Gasteiger partial charge in [-0.25, -0.2) is 23.4 Å². The summed E-state index contributed by atoms with van der Waals surface area (Å²) in [4.78, 5) is 28.1. The zero-order chi connectivity index (χ0) is 30.5. The van der Waals surface area contributed by atoms with E-state index in [9.17, 15) is 23.5 Å². The maximum Gasteiger partial charge on any atom is 0.407 e. The van der Waals surface area contributed by atoms with E-state index < -0.39 is 53.1 Å². The number of carbonyl (C=O) groups excluding carboxylic acids is 1. The number of hydrogen-bond acceptors (Lipinski definition) is 10. The fourth-order valence-corrected chi connectivity index (χ4v) is 3.45. The molecule has 3 N–H and O–H groups in total. The Morgan fingerprint density at radius 1 is 1.07 bits per heavy atom. The number of carboxylic acid groups (broad SMARTS) is 1. The summed E-state index contributed by atoms with van der Waals surface area (Å²) < 4.78 is 45.2. The minimum atomic E-state index is -1.36. The van der Waals surface area contributed by atoms with Crippen LogP contribution < -0.4 is 10.1 Å². The molecule has 0 unspecified atom stereocenters. The van der Waals surface area contributed by atoms with Crippen molar-refractivity contribution in [1.82, 2.24) is 30.5 Å². The van der Waals surface area contributed by atoms with Crippen molar-refractivity contribution in [3.63, 3.8) is 0 Å². The number of amides is 1. The number of benzene rings is 1. The van der Waals surface area contributed by atoms with Gasteiger partial charge in [0.25, 0.3) is 5.88 Å². The average molecular weight is 579 g/mol. The summed E-state index contributed by atoms with van der Waals surface area (Å²) in [6.45, 7) is 10.4. The molecule has 41 heavy (non-hydrogen) atoms. The second-order valence-corrected chi connectivity index (χ2v) is 11.0. The van der Waals surface area contributed by atoms with Crippen LogP contribution in [0.15, 0.2) is 30.5 Å². The summed E-state index contributed by atoms with van der Waals surface area (Å²) in [5.41, 5.74) is -1.83. The summed E-state index contributed by atoms with van der Waals surface area (Å²) in [5.74, 6) is -3.95. The van der Waals surface area contributed by atoms with Crippen LogP contribution in [0.2, 0.25) is 0 Å². The number of aromatic carboxylic acids is 1. The van der Waals surface area contributed by atoms with E-state index >= 15 is 0 Å². The van der Waals surface area contributed by atoms with Crippen LogP contribution in [0.3, 0.4) is 0 Å². The van der Waals surface area contributed by atoms with Crippen molar-refractivity contribution in [2.45, 2.75) is 78.0 Å². The molecule has 0 spiro atoms. The lowest BCUT2D eigenvalue weighted by molar-refractivity contribution is -0.171. The summed E-state index contributed by atoms with van der Waals surface area (Å²) in [5, 5.41) is 33.9. The molecule has 0 aliphatic heterocycles. The van der Waals surface area contributed by atoms with Gasteiger partial charge >= 0.3 is 12.1 Å². The number of aliphatic hydroxyl groups excluding tert-OH is 1. The maximum atomic E-state index is 14.9. The Balaban J connectivity index is 1.75. The van der Waals surface area contributed by atoms with E-state index in [1.54, 1.807) is 41.5 Å². The van der Waals surface area contributed by atoms with Gasteiger partial charge in [-0.15, -0.1) is 10.2 Å². The Morgan fingerprint density at radius 3 is 2.37 bits per heavy atom. The molecule has 2 heterocycles. The highest BCUT2D eigenvalue weighted by Gasteiger charge is 2.26. The van der Waals surface area contributed by atoms with Gasteiger partial charge in [-0.1, -0.05) is 0 Å². The van der Waals surface area contributed by atoms with E-state index in [-0.39, 0.29) is 35.7 Å². The van der Waals surface area contributed by atoms with Crippen molar-refractivity contribution in [1.29, 1.82) is 0 Å². The zero-order valence-corrected chi connectivity index (χ0v) is 23.4. The first kappa shape index (κ1) is 31.3. The molecule has 0 fully saturated rings. The van der Waals surface area contributed by atoms with Crippen LogP contribution >= 0.6 is 0 Å². The summed E-state index contributed by atoms with van der Waals surface area (Å²) in [6, 6.07) is 3.54. The van der Waals surface area contributed by atoms with Gasteiger partial charge in [-0.3, -0.25) is 0 Å². The van der Waals surface area contributed by atoms with E-state index in [1.165, 1.54) is 12.1 Å². The number of alkyl carbamates (subject to hydrolysis) is 1. The number of aromatic nitrogens is 5. The molecule has 0 radical (unpaired) electrons. The predicted molar refractivity (Wildman–Crippen MR) is 139 cm³/mol. The summed E-state index contributed by atoms with van der Waals surface area (Å²) >= 11 is 0. The molecule has 2 aromatic heterocycles. The number of halogens is 2. The molecule has 0 saturated heterocycles. The van der Waals surface area contributed by atoms with Crippen LogP contribution in [0.4, 0.5) is 13.6 Å². The molecular weight excluding hydrogens is 546 g/mol. The number of carbonyl (C=O) groups is 2. The quantitative estimate of drug-likeness (QED) is 0.298. The average Bonchev–Trinajstić information content (AvgIpc) is 3.25. The van der Waals surface area contributed by atoms with Crippen LogP contribution in [-0.4, -0.2) is 71.0 Å². The number of tetrazole rings is 1. The molecule has 0 saturated carbocycles. The van der Waals surface area contributed by atoms with Crippen LogP contribution in [0.5, 0.6) is 11.6 Å². The molecule has 3 aromatic rings. The molecule has 222 valence electrons. The number of carboxylic acids is 1. The Bertz CT molecular complexity index is 1390. The van der Waals surface area contributed by atoms with Crippen molar-refractivity contribution in [2.24, 2.45) is 0 Å². The number of ether oxygens (including phenoxy) is 3. The Labute approximate surface area is 234 Å². The van der Waals surface area contributed by atoms with Gasteiger partial charge in [0.1, 0.15) is 17.2 Å². The van der Waals surface area contributed by atoms with Gasteiger partial charge in [0.2, 0.25) is 5.82 Å². The van der Waals surface area contributed by atoms with E-state index in [0.717, 1.165) is 23.1 Å². The number of aliphatic hydroxyl groups is 1. The highest BCUT2D eigenvalue weighted by atomic mass is 19.1. The largest absolute Gasteiger partial charge is 0.478 e. The Morgan fingerprint density at radius 2 is 1.78 bits per heavy atom. The predicted octanol–water partition coefficient (Wildman–Crippen LogP) is 3.92. The molecule has 0 aliphatic rings. The number of nitrogens with one attached hydrogen (secondary N) is 1. The maximum absolute atomic E-state index is 14.9. The molecule has 0 aliphatic carbocycles. The van der Waals surface area contributed by atoms with Crippen LogP contribution in [0, 0.1) is 11.6 Å². The topological polar surface area (TPSA) is 171 Å². The van der Waals surface area contributed by atoms with Gasteiger partial charge in [-0.2, -0.15) is 4.80 Å². The van der Waals surface area contributed by atoms with Crippen molar-refractivity contribution in [3.8, 4) is 23.0 Å². The van der Waals surface area contributed by atoms with Crippen LogP contribution in [0.25, 0.3) is 11.4 Å². The Kier molecular flexibility index (Phi) is 9.55. The molecule has 1 aromatic carbocycles. The minimum Gasteiger partial charge on any atom is -0.478 e. The smallest absolute Gasteiger partial charge is 0.407 e. The number of rotatable bonds is 10. The van der Waals surface area contributed by atoms with Gasteiger partial charge in [0.05, 0.1) is 29.3 Å². The highest BCUT2D eigenvalue weighted by Crippen LogP contribution is 2.28. The van der Waals surface area contributed by atoms with Gasteiger partial charge in [0, 0.05) is 18.7 Å². The number of hydrogen-bond donors (Lipinski definition) is 3. The molecular formula is C26H32F2N6O7. The monoisotopic (exact) mass is 578 g/mol. The van der Waals surface area contributed by atoms with E-state index in [4.69, 9.17) is 19.3 Å². The van der Waals surface area contributed by atoms with Gasteiger partial charge in [0.15, 0.2) is 12.1 Å². The minimum absolute atomic E-state index is 0.0359. The number of nitrogens with zero attached hydrogens (tertiary/aromatic N) is 5. The fourth-order valence-electron chi connectivity index (χ4n) is 3.45. The second-order valence-electron chi connectivity index (χ2n) is 11.0. The first-order valence-corrected chi connectivity index (χ1v) is 12.5. The van der Waals surface area contributed by atoms with Crippen molar-refractivity contribution < 1.29 is 42.8 Å². The van der Waals surface area contributed by atoms with Gasteiger partial charge < -0.3 is 29.7 Å². The first-order valence-electron chi connectivity index (χ1n) is 12.5. The normalized spacial score (nSPS) is 13.4. The molecule has 1 amide bonds. The third-order valence-corrected chi connectivity index (χ3v) is 4.98. The SMILES string of the molecule is CC(C)(C)OC(=O)N[C@@H](C[C@@H](O)OC(C)(C)C)Cn1nnc(-c2ccc(Oc3ncc(C(=O)O)cc3F)cc2F)n1. The molecule has 13 nitrogen and oxygen atoms in total. The lowest BCUT2D eigenvalue weighted by Crippen LogP contribution is -2.44. The van der Waals surface area contributed by atoms with Gasteiger partial charge in [-0.05, 0) is 65.0 Å². The zero-order valence-electron chi connectivity index (χ0n) is 23.4. The second kappa shape index (κ2) is 12.5. The summed E-state index contributed by atoms with van der Waals surface area (Å²) in [7, 11) is 0. The lowest BCUT2D eigenvalue weighted by atomic mass is 10.1. The van der Waals surface area contributed by atoms with Crippen LogP contribution in [-0.2, 0) is 16.0 Å². The Hall–Kier alpha value is -4.24. The third-order valence-electron chi connectivity index (χ3n) is 4.98. The van der Waals surface area contributed by atoms with E-state index in [1.807, 2.05) is 0 Å². The van der Waals surface area contributed by atoms with Crippen molar-refractivity contribution in [2.75, 3.05) is 0 Å². The fraction of sp³-hybridized carbons (Fsp3) is 0.462. The third kappa shape index (κ3) is 9.72. The summed E-state index contributed by atoms with van der Waals surface area (Å²) in [6.07, 6.45) is -1.09. The highest BCUT2D eigenvalue weighted by molar-refractivity contribution is 5.87. The molecule has 15 heteroatoms. The lowest BCUT2D eigenvalue weighted by Gasteiger charge is -2.28. The molecule has 2 atom stereocenters. The van der Waals surface area contributed by atoms with Crippen molar-refractivity contribution in [3.05, 3.63) is 47.7 Å². The number of pyridine rings is 1. The van der Waals surface area contributed by atoms with Crippen molar-refractivity contribution >= 4 is 12.1 Å². The first-order chi connectivity index (χ1) is 19.0. The molecule has 3 rings (SSSR count). The van der Waals surface area contributed by atoms with Crippen LogP contribution in [0.1, 0.15) is 58.3 Å². The van der Waals surface area contributed by atoms with E-state index in [0.29, 0.717) is 0 Å². The van der Waals surface area contributed by atoms with E-state index in [2.05, 4.69) is 25.7 Å². The molecule has 0 bridgehead atoms.